The average Bonchev–Trinajstić information content (AvgIpc) is 3.04. The molecule has 25 heavy (non-hydrogen) atoms. The summed E-state index contributed by atoms with van der Waals surface area (Å²) in [7, 11) is 0. The van der Waals surface area contributed by atoms with Crippen LogP contribution in [0.3, 0.4) is 0 Å². The highest BCUT2D eigenvalue weighted by Gasteiger charge is 2.32. The fourth-order valence-corrected chi connectivity index (χ4v) is 3.06. The van der Waals surface area contributed by atoms with Gasteiger partial charge in [-0.05, 0) is 17.7 Å². The van der Waals surface area contributed by atoms with E-state index < -0.39 is 6.36 Å². The highest BCUT2D eigenvalue weighted by molar-refractivity contribution is 7.12. The molecule has 3 aromatic rings. The lowest BCUT2D eigenvalue weighted by atomic mass is 10.0. The Hall–Kier alpha value is -2.67. The van der Waals surface area contributed by atoms with Crippen LogP contribution in [0.1, 0.15) is 16.7 Å². The molecule has 0 radical (unpaired) electrons. The van der Waals surface area contributed by atoms with E-state index in [1.807, 2.05) is 0 Å². The molecule has 7 heteroatoms. The zero-order chi connectivity index (χ0) is 18.0. The van der Waals surface area contributed by atoms with E-state index in [2.05, 4.69) is 9.72 Å². The topological polar surface area (TPSA) is 39.2 Å². The number of hydrogen-bond donors (Lipinski definition) is 0. The first kappa shape index (κ1) is 17.2. The first-order chi connectivity index (χ1) is 11.8. The maximum atomic E-state index is 12.6. The van der Waals surface area contributed by atoms with Crippen LogP contribution in [-0.4, -0.2) is 17.1 Å². The first-order valence-corrected chi connectivity index (χ1v) is 8.13. The lowest BCUT2D eigenvalue weighted by molar-refractivity contribution is -0.274. The Morgan fingerprint density at radius 3 is 2.48 bits per heavy atom. The predicted molar refractivity (Wildman–Crippen MR) is 89.7 cm³/mol. The molecule has 0 aliphatic rings. The number of carbonyl (C=O) groups excluding carboxylic acids is 1. The lowest BCUT2D eigenvalue weighted by Gasteiger charge is -2.13. The maximum Gasteiger partial charge on any atom is 0.573 e. The predicted octanol–water partition coefficient (Wildman–Crippen LogP) is 5.58. The summed E-state index contributed by atoms with van der Waals surface area (Å²) in [5, 5.41) is 2.13. The second-order valence-electron chi connectivity index (χ2n) is 5.22. The number of aromatic nitrogens is 1. The van der Waals surface area contributed by atoms with Gasteiger partial charge in [0, 0.05) is 23.4 Å². The number of alkyl halides is 3. The number of Topliss-reactive ketones (excluding diaryl/α,β-unsaturated/α-hetero) is 1. The highest BCUT2D eigenvalue weighted by atomic mass is 32.1. The summed E-state index contributed by atoms with van der Waals surface area (Å²) in [6, 6.07) is 12.9. The summed E-state index contributed by atoms with van der Waals surface area (Å²) in [6.07, 6.45) is -4.76. The molecule has 0 amide bonds. The summed E-state index contributed by atoms with van der Waals surface area (Å²) >= 11 is 1.23. The molecule has 0 saturated heterocycles. The smallest absolute Gasteiger partial charge is 0.405 e. The number of carbonyl (C=O) groups is 1. The van der Waals surface area contributed by atoms with Crippen LogP contribution >= 0.6 is 11.3 Å². The Labute approximate surface area is 145 Å². The molecule has 0 fully saturated rings. The fraction of sp³-hybridized carbons (Fsp3) is 0.111. The van der Waals surface area contributed by atoms with Crippen molar-refractivity contribution in [2.24, 2.45) is 0 Å². The summed E-state index contributed by atoms with van der Waals surface area (Å²) in [6.45, 7) is 1.43. The van der Waals surface area contributed by atoms with Crippen molar-refractivity contribution in [1.29, 1.82) is 0 Å². The zero-order valence-electron chi connectivity index (χ0n) is 13.0. The Morgan fingerprint density at radius 2 is 1.80 bits per heavy atom. The van der Waals surface area contributed by atoms with Crippen LogP contribution in [0.15, 0.2) is 53.9 Å². The number of benzene rings is 2. The van der Waals surface area contributed by atoms with Crippen molar-refractivity contribution in [2.45, 2.75) is 13.3 Å². The summed E-state index contributed by atoms with van der Waals surface area (Å²) in [5.41, 5.74) is 2.20. The van der Waals surface area contributed by atoms with Gasteiger partial charge in [0.05, 0.1) is 5.69 Å². The maximum absolute atomic E-state index is 12.6. The minimum absolute atomic E-state index is 0.128. The zero-order valence-corrected chi connectivity index (χ0v) is 13.8. The molecule has 0 aliphatic heterocycles. The summed E-state index contributed by atoms with van der Waals surface area (Å²) in [4.78, 5) is 15.6. The van der Waals surface area contributed by atoms with Crippen LogP contribution in [0.25, 0.3) is 22.4 Å². The molecule has 0 aliphatic carbocycles. The summed E-state index contributed by atoms with van der Waals surface area (Å²) in [5.74, 6) is -0.397. The van der Waals surface area contributed by atoms with E-state index in [1.54, 1.807) is 41.8 Å². The first-order valence-electron chi connectivity index (χ1n) is 7.25. The van der Waals surface area contributed by atoms with E-state index in [0.717, 1.165) is 0 Å². The molecule has 1 heterocycles. The third kappa shape index (κ3) is 4.06. The number of ketones is 1. The number of ether oxygens (including phenoxy) is 1. The number of nitrogens with zero attached hydrogens (tertiary/aromatic N) is 1. The van der Waals surface area contributed by atoms with E-state index in [0.29, 0.717) is 27.4 Å². The van der Waals surface area contributed by atoms with Crippen LogP contribution in [0.2, 0.25) is 0 Å². The molecule has 128 valence electrons. The third-order valence-corrected chi connectivity index (χ3v) is 4.33. The van der Waals surface area contributed by atoms with Crippen molar-refractivity contribution in [3.63, 3.8) is 0 Å². The Kier molecular flexibility index (Phi) is 4.59. The number of rotatable bonds is 4. The monoisotopic (exact) mass is 363 g/mol. The van der Waals surface area contributed by atoms with Gasteiger partial charge < -0.3 is 4.74 Å². The second kappa shape index (κ2) is 6.68. The molecule has 3 nitrogen and oxygen atoms in total. The lowest BCUT2D eigenvalue weighted by Crippen LogP contribution is -2.17. The number of para-hydroxylation sites is 1. The Balaban J connectivity index is 2.01. The van der Waals surface area contributed by atoms with E-state index >= 15 is 0 Å². The molecule has 0 spiro atoms. The Bertz CT molecular complexity index is 918. The highest BCUT2D eigenvalue weighted by Crippen LogP contribution is 2.35. The molecule has 3 rings (SSSR count). The molecule has 0 atom stereocenters. The van der Waals surface area contributed by atoms with Gasteiger partial charge >= 0.3 is 6.36 Å². The summed E-state index contributed by atoms with van der Waals surface area (Å²) < 4.78 is 41.9. The fourth-order valence-electron chi connectivity index (χ4n) is 2.33. The van der Waals surface area contributed by atoms with Gasteiger partial charge in [-0.25, -0.2) is 4.98 Å². The molecule has 1 aromatic heterocycles. The third-order valence-electron chi connectivity index (χ3n) is 3.39. The van der Waals surface area contributed by atoms with Crippen molar-refractivity contribution in [3.05, 3.63) is 58.9 Å². The van der Waals surface area contributed by atoms with Crippen molar-refractivity contribution in [2.75, 3.05) is 0 Å². The van der Waals surface area contributed by atoms with Gasteiger partial charge in [0.2, 0.25) is 0 Å². The van der Waals surface area contributed by atoms with Crippen LogP contribution < -0.4 is 4.74 Å². The second-order valence-corrected chi connectivity index (χ2v) is 6.08. The average molecular weight is 363 g/mol. The Morgan fingerprint density at radius 1 is 1.08 bits per heavy atom. The minimum atomic E-state index is -4.76. The SMILES string of the molecule is CC(=O)c1nc(-c2cccc(-c3ccccc3OC(F)(F)F)c2)cs1. The molecule has 0 saturated carbocycles. The van der Waals surface area contributed by atoms with Gasteiger partial charge in [-0.1, -0.05) is 36.4 Å². The van der Waals surface area contributed by atoms with E-state index in [9.17, 15) is 18.0 Å². The van der Waals surface area contributed by atoms with Crippen LogP contribution in [0.4, 0.5) is 13.2 Å². The van der Waals surface area contributed by atoms with Crippen molar-refractivity contribution < 1.29 is 22.7 Å². The minimum Gasteiger partial charge on any atom is -0.405 e. The van der Waals surface area contributed by atoms with Gasteiger partial charge in [-0.15, -0.1) is 24.5 Å². The quantitative estimate of drug-likeness (QED) is 0.568. The molecular weight excluding hydrogens is 351 g/mol. The van der Waals surface area contributed by atoms with E-state index in [4.69, 9.17) is 0 Å². The van der Waals surface area contributed by atoms with Gasteiger partial charge in [0.15, 0.2) is 10.8 Å². The van der Waals surface area contributed by atoms with Crippen LogP contribution in [0.5, 0.6) is 5.75 Å². The van der Waals surface area contributed by atoms with Gasteiger partial charge in [0.1, 0.15) is 5.75 Å². The van der Waals surface area contributed by atoms with Gasteiger partial charge in [-0.2, -0.15) is 0 Å². The van der Waals surface area contributed by atoms with Gasteiger partial charge in [0.25, 0.3) is 0 Å². The van der Waals surface area contributed by atoms with Crippen LogP contribution in [-0.2, 0) is 0 Å². The largest absolute Gasteiger partial charge is 0.573 e. The molecule has 0 bridgehead atoms. The number of halogens is 3. The van der Waals surface area contributed by atoms with E-state index in [-0.39, 0.29) is 11.5 Å². The van der Waals surface area contributed by atoms with Crippen molar-refractivity contribution >= 4 is 17.1 Å². The molecular formula is C18H12F3NO2S. The van der Waals surface area contributed by atoms with Gasteiger partial charge in [-0.3, -0.25) is 4.79 Å². The van der Waals surface area contributed by atoms with Crippen molar-refractivity contribution in [3.8, 4) is 28.1 Å². The number of hydrogen-bond acceptors (Lipinski definition) is 4. The number of thiazole rings is 1. The molecule has 0 N–H and O–H groups in total. The van der Waals surface area contributed by atoms with E-state index in [1.165, 1.54) is 30.4 Å². The normalized spacial score (nSPS) is 11.4. The van der Waals surface area contributed by atoms with Crippen molar-refractivity contribution in [1.82, 2.24) is 4.98 Å². The molecule has 2 aromatic carbocycles. The standard InChI is InChI=1S/C18H12F3NO2S/c1-11(23)17-22-15(10-25-17)13-6-4-5-12(9-13)14-7-2-3-8-16(14)24-18(19,20)21/h2-10H,1H3. The molecule has 0 unspecified atom stereocenters. The van der Waals surface area contributed by atoms with Crippen LogP contribution in [0, 0.1) is 0 Å².